The highest BCUT2D eigenvalue weighted by Crippen LogP contribution is 2.16. The first-order valence-electron chi connectivity index (χ1n) is 7.23. The fourth-order valence-electron chi connectivity index (χ4n) is 2.17. The maximum atomic E-state index is 12.3. The summed E-state index contributed by atoms with van der Waals surface area (Å²) in [5.41, 5.74) is 13.2. The molecular formula is C16H20ClN3O4. The van der Waals surface area contributed by atoms with Crippen LogP contribution in [0.1, 0.15) is 29.5 Å². The number of carbonyl (C=O) groups is 2. The second kappa shape index (κ2) is 9.17. The van der Waals surface area contributed by atoms with Crippen LogP contribution in [0.25, 0.3) is 0 Å². The molecule has 130 valence electrons. The standard InChI is InChI=1S/C16H19N3O4.ClH/c17-12(8-10-4-2-1-3-5-10)16(22)15(18)13-9-11(19-23-13)6-7-14(20)21;/h1-5,9,12,15H,6-8,17-18H2,(H,20,21);1H/t12-,15?;/m0./s1. The number of halogens is 1. The minimum absolute atomic E-state index is 0. The summed E-state index contributed by atoms with van der Waals surface area (Å²) in [5.74, 6) is -1.09. The molecule has 8 heteroatoms. The number of rotatable bonds is 8. The zero-order valence-electron chi connectivity index (χ0n) is 12.9. The number of hydrogen-bond acceptors (Lipinski definition) is 6. The Morgan fingerprint density at radius 3 is 2.50 bits per heavy atom. The van der Waals surface area contributed by atoms with E-state index in [-0.39, 0.29) is 36.8 Å². The maximum absolute atomic E-state index is 12.3. The summed E-state index contributed by atoms with van der Waals surface area (Å²) in [6.45, 7) is 0. The molecule has 0 amide bonds. The molecule has 0 bridgehead atoms. The van der Waals surface area contributed by atoms with Gasteiger partial charge >= 0.3 is 5.97 Å². The lowest BCUT2D eigenvalue weighted by Crippen LogP contribution is -2.39. The van der Waals surface area contributed by atoms with Crippen LogP contribution in [0, 0.1) is 0 Å². The van der Waals surface area contributed by atoms with Crippen molar-refractivity contribution in [3.8, 4) is 0 Å². The van der Waals surface area contributed by atoms with Crippen molar-refractivity contribution in [2.45, 2.75) is 31.3 Å². The number of carboxylic acids is 1. The Labute approximate surface area is 145 Å². The lowest BCUT2D eigenvalue weighted by molar-refractivity contribution is -0.137. The van der Waals surface area contributed by atoms with Gasteiger partial charge in [0.2, 0.25) is 0 Å². The van der Waals surface area contributed by atoms with Gasteiger partial charge in [0.25, 0.3) is 0 Å². The average Bonchev–Trinajstić information content (AvgIpc) is 3.01. The first-order chi connectivity index (χ1) is 11.0. The van der Waals surface area contributed by atoms with Crippen molar-refractivity contribution in [1.82, 2.24) is 5.16 Å². The molecule has 1 unspecified atom stereocenters. The zero-order chi connectivity index (χ0) is 16.8. The van der Waals surface area contributed by atoms with Gasteiger partial charge in [-0.05, 0) is 12.0 Å². The number of aromatic nitrogens is 1. The van der Waals surface area contributed by atoms with E-state index in [0.29, 0.717) is 12.1 Å². The summed E-state index contributed by atoms with van der Waals surface area (Å²) in [6, 6.07) is 9.14. The molecule has 1 heterocycles. The molecule has 0 aliphatic carbocycles. The Kier molecular flexibility index (Phi) is 7.57. The third kappa shape index (κ3) is 5.45. The van der Waals surface area contributed by atoms with Crippen molar-refractivity contribution in [1.29, 1.82) is 0 Å². The minimum atomic E-state index is -1.01. The quantitative estimate of drug-likeness (QED) is 0.650. The summed E-state index contributed by atoms with van der Waals surface area (Å²) in [5, 5.41) is 12.4. The van der Waals surface area contributed by atoms with Crippen molar-refractivity contribution in [3.05, 3.63) is 53.4 Å². The SMILES string of the molecule is Cl.NC(C(=O)[C@@H](N)Cc1ccccc1)c1cc(CCC(=O)O)no1. The monoisotopic (exact) mass is 353 g/mol. The first kappa shape index (κ1) is 19.8. The molecule has 0 aliphatic heterocycles. The molecular weight excluding hydrogens is 334 g/mol. The molecule has 0 radical (unpaired) electrons. The number of nitrogens with zero attached hydrogens (tertiary/aromatic N) is 1. The Hall–Kier alpha value is -2.22. The van der Waals surface area contributed by atoms with Gasteiger partial charge in [0, 0.05) is 12.5 Å². The summed E-state index contributed by atoms with van der Waals surface area (Å²) in [6.07, 6.45) is 0.534. The number of nitrogens with two attached hydrogens (primary N) is 2. The summed E-state index contributed by atoms with van der Waals surface area (Å²) in [4.78, 5) is 22.8. The van der Waals surface area contributed by atoms with Crippen LogP contribution in [-0.2, 0) is 22.4 Å². The molecule has 0 saturated heterocycles. The van der Waals surface area contributed by atoms with Crippen molar-refractivity contribution in [3.63, 3.8) is 0 Å². The number of carboxylic acid groups (broad SMARTS) is 1. The molecule has 7 nitrogen and oxygen atoms in total. The third-order valence-electron chi connectivity index (χ3n) is 3.45. The molecule has 2 rings (SSSR count). The molecule has 1 aromatic carbocycles. The molecule has 0 fully saturated rings. The molecule has 0 spiro atoms. The van der Waals surface area contributed by atoms with Crippen molar-refractivity contribution in [2.24, 2.45) is 11.5 Å². The Balaban J connectivity index is 0.00000288. The minimum Gasteiger partial charge on any atom is -0.481 e. The average molecular weight is 354 g/mol. The van der Waals surface area contributed by atoms with Gasteiger partial charge in [-0.3, -0.25) is 9.59 Å². The third-order valence-corrected chi connectivity index (χ3v) is 3.45. The van der Waals surface area contributed by atoms with Crippen LogP contribution in [0.2, 0.25) is 0 Å². The Morgan fingerprint density at radius 2 is 1.88 bits per heavy atom. The topological polar surface area (TPSA) is 132 Å². The highest BCUT2D eigenvalue weighted by molar-refractivity contribution is 5.89. The lowest BCUT2D eigenvalue weighted by atomic mass is 9.98. The van der Waals surface area contributed by atoms with E-state index >= 15 is 0 Å². The lowest BCUT2D eigenvalue weighted by Gasteiger charge is -2.14. The number of benzene rings is 1. The van der Waals surface area contributed by atoms with Gasteiger partial charge in [0.15, 0.2) is 11.5 Å². The smallest absolute Gasteiger partial charge is 0.303 e. The molecule has 2 aromatic rings. The van der Waals surface area contributed by atoms with E-state index in [1.807, 2.05) is 30.3 Å². The number of hydrogen-bond donors (Lipinski definition) is 3. The maximum Gasteiger partial charge on any atom is 0.303 e. The fourth-order valence-corrected chi connectivity index (χ4v) is 2.17. The fraction of sp³-hybridized carbons (Fsp3) is 0.312. The van der Waals surface area contributed by atoms with Crippen LogP contribution in [0.3, 0.4) is 0 Å². The molecule has 0 aliphatic rings. The van der Waals surface area contributed by atoms with Gasteiger partial charge in [-0.15, -0.1) is 12.4 Å². The normalized spacial score (nSPS) is 12.9. The van der Waals surface area contributed by atoms with E-state index in [9.17, 15) is 9.59 Å². The van der Waals surface area contributed by atoms with Crippen LogP contribution < -0.4 is 11.5 Å². The van der Waals surface area contributed by atoms with Gasteiger partial charge in [0.1, 0.15) is 6.04 Å². The van der Waals surface area contributed by atoms with Gasteiger partial charge in [-0.2, -0.15) is 0 Å². The number of aryl methyl sites for hydroxylation is 1. The van der Waals surface area contributed by atoms with E-state index in [4.69, 9.17) is 21.1 Å². The van der Waals surface area contributed by atoms with Crippen molar-refractivity contribution >= 4 is 24.2 Å². The van der Waals surface area contributed by atoms with Crippen molar-refractivity contribution < 1.29 is 19.2 Å². The van der Waals surface area contributed by atoms with Crippen molar-refractivity contribution in [2.75, 3.05) is 0 Å². The Morgan fingerprint density at radius 1 is 1.21 bits per heavy atom. The van der Waals surface area contributed by atoms with E-state index in [0.717, 1.165) is 5.56 Å². The number of ketones is 1. The summed E-state index contributed by atoms with van der Waals surface area (Å²) < 4.78 is 5.04. The number of carbonyl (C=O) groups excluding carboxylic acids is 1. The Bertz CT molecular complexity index is 675. The molecule has 24 heavy (non-hydrogen) atoms. The summed E-state index contributed by atoms with van der Waals surface area (Å²) in [7, 11) is 0. The van der Waals surface area contributed by atoms with Gasteiger partial charge in [-0.1, -0.05) is 35.5 Å². The molecule has 0 saturated carbocycles. The number of aliphatic carboxylic acids is 1. The second-order valence-electron chi connectivity index (χ2n) is 5.29. The number of Topliss-reactive ketones (excluding diaryl/α,β-unsaturated/α-hetero) is 1. The van der Waals surface area contributed by atoms with Crippen LogP contribution in [-0.4, -0.2) is 28.1 Å². The predicted molar refractivity (Wildman–Crippen MR) is 89.8 cm³/mol. The van der Waals surface area contributed by atoms with E-state index in [2.05, 4.69) is 5.16 Å². The van der Waals surface area contributed by atoms with Crippen LogP contribution >= 0.6 is 12.4 Å². The van der Waals surface area contributed by atoms with E-state index in [1.165, 1.54) is 6.07 Å². The highest BCUT2D eigenvalue weighted by Gasteiger charge is 2.26. The van der Waals surface area contributed by atoms with E-state index < -0.39 is 18.1 Å². The summed E-state index contributed by atoms with van der Waals surface area (Å²) >= 11 is 0. The molecule has 5 N–H and O–H groups in total. The highest BCUT2D eigenvalue weighted by atomic mass is 35.5. The van der Waals surface area contributed by atoms with Crippen LogP contribution in [0.4, 0.5) is 0 Å². The largest absolute Gasteiger partial charge is 0.481 e. The van der Waals surface area contributed by atoms with Gasteiger partial charge in [0.05, 0.1) is 18.2 Å². The van der Waals surface area contributed by atoms with Gasteiger partial charge in [-0.25, -0.2) is 0 Å². The predicted octanol–water partition coefficient (Wildman–Crippen LogP) is 1.25. The molecule has 1 aromatic heterocycles. The first-order valence-corrected chi connectivity index (χ1v) is 7.23. The van der Waals surface area contributed by atoms with Crippen LogP contribution in [0.15, 0.2) is 40.9 Å². The van der Waals surface area contributed by atoms with E-state index in [1.54, 1.807) is 0 Å². The molecule has 2 atom stereocenters. The zero-order valence-corrected chi connectivity index (χ0v) is 13.7. The second-order valence-corrected chi connectivity index (χ2v) is 5.29. The van der Waals surface area contributed by atoms with Crippen LogP contribution in [0.5, 0.6) is 0 Å². The van der Waals surface area contributed by atoms with Gasteiger partial charge < -0.3 is 21.1 Å².